The molecular formula is C13H24N4O2. The second kappa shape index (κ2) is 7.45. The molecule has 1 aliphatic rings. The van der Waals surface area contributed by atoms with E-state index in [0.717, 1.165) is 45.5 Å². The number of ether oxygens (including phenoxy) is 1. The second-order valence-electron chi connectivity index (χ2n) is 4.84. The lowest BCUT2D eigenvalue weighted by atomic mass is 10.1. The third kappa shape index (κ3) is 4.18. The molecule has 1 aromatic heterocycles. The molecule has 2 rings (SSSR count). The minimum absolute atomic E-state index is 0.290. The molecular weight excluding hydrogens is 244 g/mol. The molecule has 0 aliphatic carbocycles. The number of anilines is 1. The molecule has 1 atom stereocenters. The van der Waals surface area contributed by atoms with Crippen LogP contribution in [0.1, 0.15) is 39.0 Å². The predicted octanol–water partition coefficient (Wildman–Crippen LogP) is 1.57. The highest BCUT2D eigenvalue weighted by Crippen LogP contribution is 2.20. The van der Waals surface area contributed by atoms with Gasteiger partial charge < -0.3 is 19.4 Å². The molecule has 0 saturated carbocycles. The number of rotatable bonds is 7. The highest BCUT2D eigenvalue weighted by Gasteiger charge is 2.24. The van der Waals surface area contributed by atoms with Gasteiger partial charge in [0.2, 0.25) is 5.89 Å². The van der Waals surface area contributed by atoms with Crippen LogP contribution in [0.4, 0.5) is 6.01 Å². The third-order valence-corrected chi connectivity index (χ3v) is 3.19. The van der Waals surface area contributed by atoms with Crippen LogP contribution in [0.15, 0.2) is 4.42 Å². The largest absolute Gasteiger partial charge is 0.407 e. The monoisotopic (exact) mass is 268 g/mol. The van der Waals surface area contributed by atoms with Gasteiger partial charge in [0.1, 0.15) is 0 Å². The Hall–Kier alpha value is -1.14. The molecule has 6 nitrogen and oxygen atoms in total. The Morgan fingerprint density at radius 2 is 2.32 bits per heavy atom. The minimum atomic E-state index is 0.290. The first-order chi connectivity index (χ1) is 9.33. The van der Waals surface area contributed by atoms with Gasteiger partial charge in [-0.25, -0.2) is 0 Å². The third-order valence-electron chi connectivity index (χ3n) is 3.19. The molecule has 1 aromatic rings. The average Bonchev–Trinajstić information content (AvgIpc) is 2.92. The van der Waals surface area contributed by atoms with Gasteiger partial charge in [0.05, 0.1) is 12.6 Å². The smallest absolute Gasteiger partial charge is 0.318 e. The second-order valence-corrected chi connectivity index (χ2v) is 4.84. The highest BCUT2D eigenvalue weighted by atomic mass is 16.5. The molecule has 0 amide bonds. The summed E-state index contributed by atoms with van der Waals surface area (Å²) in [7, 11) is 0. The van der Waals surface area contributed by atoms with Crippen molar-refractivity contribution in [2.45, 2.75) is 45.8 Å². The van der Waals surface area contributed by atoms with Crippen molar-refractivity contribution in [1.82, 2.24) is 15.5 Å². The summed E-state index contributed by atoms with van der Waals surface area (Å²) in [6.45, 7) is 8.36. The van der Waals surface area contributed by atoms with Crippen LogP contribution in [0.25, 0.3) is 0 Å². The molecule has 1 fully saturated rings. The van der Waals surface area contributed by atoms with E-state index in [-0.39, 0.29) is 6.10 Å². The molecule has 0 aromatic carbocycles. The van der Waals surface area contributed by atoms with Crippen molar-refractivity contribution in [3.05, 3.63) is 5.89 Å². The number of hydrogen-bond acceptors (Lipinski definition) is 6. The van der Waals surface area contributed by atoms with E-state index < -0.39 is 0 Å². The summed E-state index contributed by atoms with van der Waals surface area (Å²) in [5.74, 6) is 0.647. The molecule has 108 valence electrons. The van der Waals surface area contributed by atoms with E-state index in [1.807, 2.05) is 0 Å². The lowest BCUT2D eigenvalue weighted by molar-refractivity contribution is 0.0430. The van der Waals surface area contributed by atoms with Crippen molar-refractivity contribution in [2.75, 3.05) is 31.1 Å². The molecule has 2 heterocycles. The quantitative estimate of drug-likeness (QED) is 0.810. The van der Waals surface area contributed by atoms with E-state index in [2.05, 4.69) is 34.3 Å². The Bertz CT molecular complexity index is 369. The molecule has 0 spiro atoms. The van der Waals surface area contributed by atoms with Crippen LogP contribution in [0.5, 0.6) is 0 Å². The van der Waals surface area contributed by atoms with Crippen LogP contribution in [0, 0.1) is 0 Å². The van der Waals surface area contributed by atoms with E-state index in [4.69, 9.17) is 9.15 Å². The first-order valence-corrected chi connectivity index (χ1v) is 7.23. The fraction of sp³-hybridized carbons (Fsp3) is 0.846. The summed E-state index contributed by atoms with van der Waals surface area (Å²) >= 11 is 0. The van der Waals surface area contributed by atoms with Gasteiger partial charge in [-0.2, -0.15) is 0 Å². The van der Waals surface area contributed by atoms with Crippen molar-refractivity contribution in [1.29, 1.82) is 0 Å². The van der Waals surface area contributed by atoms with Crippen LogP contribution in [-0.2, 0) is 11.3 Å². The van der Waals surface area contributed by atoms with Crippen molar-refractivity contribution in [3.63, 3.8) is 0 Å². The summed E-state index contributed by atoms with van der Waals surface area (Å²) in [6, 6.07) is 0.623. The summed E-state index contributed by atoms with van der Waals surface area (Å²) in [4.78, 5) is 2.13. The molecule has 1 aliphatic heterocycles. The molecule has 1 unspecified atom stereocenters. The topological polar surface area (TPSA) is 63.4 Å². The van der Waals surface area contributed by atoms with Crippen molar-refractivity contribution < 1.29 is 9.15 Å². The molecule has 1 N–H and O–H groups in total. The number of piperidine rings is 1. The zero-order chi connectivity index (χ0) is 13.5. The van der Waals surface area contributed by atoms with Crippen molar-refractivity contribution >= 4 is 6.01 Å². The van der Waals surface area contributed by atoms with Crippen LogP contribution in [0.3, 0.4) is 0 Å². The van der Waals surface area contributed by atoms with Crippen molar-refractivity contribution in [3.8, 4) is 0 Å². The summed E-state index contributed by atoms with van der Waals surface area (Å²) < 4.78 is 11.5. The average molecular weight is 268 g/mol. The number of hydrogen-bond donors (Lipinski definition) is 1. The van der Waals surface area contributed by atoms with Crippen LogP contribution < -0.4 is 10.2 Å². The minimum Gasteiger partial charge on any atom is -0.407 e. The fourth-order valence-corrected chi connectivity index (χ4v) is 2.21. The van der Waals surface area contributed by atoms with Crippen LogP contribution >= 0.6 is 0 Å². The Morgan fingerprint density at radius 1 is 1.42 bits per heavy atom. The zero-order valence-corrected chi connectivity index (χ0v) is 11.9. The van der Waals surface area contributed by atoms with Crippen LogP contribution in [-0.4, -0.2) is 42.5 Å². The first kappa shape index (κ1) is 14.3. The van der Waals surface area contributed by atoms with Gasteiger partial charge in [0.25, 0.3) is 0 Å². The molecule has 0 bridgehead atoms. The van der Waals surface area contributed by atoms with Crippen LogP contribution in [0.2, 0.25) is 0 Å². The maximum atomic E-state index is 5.81. The number of nitrogens with one attached hydrogen (secondary N) is 1. The maximum absolute atomic E-state index is 5.81. The van der Waals surface area contributed by atoms with Gasteiger partial charge >= 0.3 is 6.01 Å². The van der Waals surface area contributed by atoms with Gasteiger partial charge in [-0.15, -0.1) is 5.10 Å². The summed E-state index contributed by atoms with van der Waals surface area (Å²) in [6.07, 6.45) is 3.58. The number of nitrogens with zero attached hydrogens (tertiary/aromatic N) is 3. The van der Waals surface area contributed by atoms with E-state index in [0.29, 0.717) is 18.5 Å². The Kier molecular flexibility index (Phi) is 5.60. The molecule has 0 radical (unpaired) electrons. The maximum Gasteiger partial charge on any atom is 0.318 e. The Balaban J connectivity index is 1.87. The van der Waals surface area contributed by atoms with Gasteiger partial charge in [-0.1, -0.05) is 18.9 Å². The standard InChI is InChI=1S/C13H24N4O2/c1-3-8-18-11-6-5-7-17(10-11)13-16-15-12(19-13)9-14-4-2/h11,14H,3-10H2,1-2H3. The Morgan fingerprint density at radius 3 is 3.11 bits per heavy atom. The van der Waals surface area contributed by atoms with Gasteiger partial charge in [-0.05, 0) is 25.8 Å². The van der Waals surface area contributed by atoms with Gasteiger partial charge in [0.15, 0.2) is 0 Å². The van der Waals surface area contributed by atoms with E-state index >= 15 is 0 Å². The number of aromatic nitrogens is 2. The zero-order valence-electron chi connectivity index (χ0n) is 11.9. The van der Waals surface area contributed by atoms with E-state index in [1.54, 1.807) is 0 Å². The molecule has 1 saturated heterocycles. The van der Waals surface area contributed by atoms with E-state index in [9.17, 15) is 0 Å². The normalized spacial score (nSPS) is 19.9. The SMILES string of the molecule is CCCOC1CCCN(c2nnc(CNCC)o2)C1. The predicted molar refractivity (Wildman–Crippen MR) is 73.2 cm³/mol. The van der Waals surface area contributed by atoms with Gasteiger partial charge in [-0.3, -0.25) is 0 Å². The highest BCUT2D eigenvalue weighted by molar-refractivity contribution is 5.25. The lowest BCUT2D eigenvalue weighted by Gasteiger charge is -2.31. The lowest BCUT2D eigenvalue weighted by Crippen LogP contribution is -2.40. The fourth-order valence-electron chi connectivity index (χ4n) is 2.21. The molecule has 6 heteroatoms. The first-order valence-electron chi connectivity index (χ1n) is 7.23. The van der Waals surface area contributed by atoms with Crippen molar-refractivity contribution in [2.24, 2.45) is 0 Å². The van der Waals surface area contributed by atoms with Gasteiger partial charge in [0, 0.05) is 19.7 Å². The summed E-state index contributed by atoms with van der Waals surface area (Å²) in [5, 5.41) is 11.4. The Labute approximate surface area is 114 Å². The molecule has 19 heavy (non-hydrogen) atoms. The van der Waals surface area contributed by atoms with E-state index in [1.165, 1.54) is 0 Å². The summed E-state index contributed by atoms with van der Waals surface area (Å²) in [5.41, 5.74) is 0.